The van der Waals surface area contributed by atoms with Crippen LogP contribution in [0.5, 0.6) is 0 Å². The molecule has 3 N–H and O–H groups in total. The Kier molecular flexibility index (Phi) is 10.4. The van der Waals surface area contributed by atoms with Gasteiger partial charge in [-0.3, -0.25) is 14.4 Å². The summed E-state index contributed by atoms with van der Waals surface area (Å²) >= 11 is 0. The molecule has 0 saturated heterocycles. The minimum absolute atomic E-state index is 0.173. The van der Waals surface area contributed by atoms with Crippen LogP contribution in [0.15, 0.2) is 66.7 Å². The lowest BCUT2D eigenvalue weighted by Gasteiger charge is -2.34. The minimum Gasteiger partial charge on any atom is -0.370 e. The second kappa shape index (κ2) is 13.5. The van der Waals surface area contributed by atoms with E-state index in [1.54, 1.807) is 40.1 Å². The molecular weight excluding hydrogens is 511 g/mol. The molecule has 0 spiro atoms. The van der Waals surface area contributed by atoms with Crippen LogP contribution < -0.4 is 11.1 Å². The van der Waals surface area contributed by atoms with E-state index in [0.29, 0.717) is 5.56 Å². The van der Waals surface area contributed by atoms with Gasteiger partial charge >= 0.3 is 0 Å². The van der Waals surface area contributed by atoms with Gasteiger partial charge in [0.05, 0.1) is 6.61 Å². The zero-order valence-corrected chi connectivity index (χ0v) is 23.8. The van der Waals surface area contributed by atoms with Gasteiger partial charge in [-0.2, -0.15) is 0 Å². The maximum absolute atomic E-state index is 14.0. The Labute approximate surface area is 235 Å². The highest BCUT2D eigenvalue weighted by molar-refractivity contribution is 5.92. The predicted molar refractivity (Wildman–Crippen MR) is 154 cm³/mol. The van der Waals surface area contributed by atoms with Gasteiger partial charge in [-0.15, -0.1) is 0 Å². The van der Waals surface area contributed by atoms with Crippen molar-refractivity contribution in [2.75, 3.05) is 34.4 Å². The lowest BCUT2D eigenvalue weighted by molar-refractivity contribution is -0.149. The molecule has 0 aromatic heterocycles. The molecule has 9 heteroatoms. The predicted octanol–water partition coefficient (Wildman–Crippen LogP) is 2.92. The number of rotatable bonds is 12. The summed E-state index contributed by atoms with van der Waals surface area (Å²) in [5.41, 5.74) is 6.92. The Hall–Kier alpha value is -3.82. The van der Waals surface area contributed by atoms with Gasteiger partial charge in [-0.05, 0) is 47.9 Å². The Morgan fingerprint density at radius 1 is 0.900 bits per heavy atom. The molecular formula is C31H39FN4O4. The summed E-state index contributed by atoms with van der Waals surface area (Å²) in [7, 11) is 4.60. The summed E-state index contributed by atoms with van der Waals surface area (Å²) < 4.78 is 19.0. The lowest BCUT2D eigenvalue weighted by atomic mass is 9.98. The molecule has 214 valence electrons. The quantitative estimate of drug-likeness (QED) is 0.361. The van der Waals surface area contributed by atoms with E-state index in [0.717, 1.165) is 16.3 Å². The maximum Gasteiger partial charge on any atom is 0.249 e. The first kappa shape index (κ1) is 30.7. The number of amides is 3. The first-order valence-electron chi connectivity index (χ1n) is 13.2. The van der Waals surface area contributed by atoms with E-state index in [9.17, 15) is 18.8 Å². The molecule has 3 aromatic carbocycles. The summed E-state index contributed by atoms with van der Waals surface area (Å²) in [5.74, 6) is -1.54. The van der Waals surface area contributed by atoms with Crippen LogP contribution in [0.2, 0.25) is 0 Å². The molecule has 0 radical (unpaired) electrons. The SMILES string of the molecule is CNC(=O)[C@@H](Cc1ccc(F)cc1)N(C)C(=O)[C@@H](Cc1ccc2ccccc2c1)N(C)C(=O)COCC(C)(C)N. The molecule has 3 aromatic rings. The molecule has 0 heterocycles. The topological polar surface area (TPSA) is 105 Å². The zero-order chi connectivity index (χ0) is 29.4. The number of fused-ring (bicyclic) bond motifs is 1. The van der Waals surface area contributed by atoms with E-state index in [2.05, 4.69) is 5.32 Å². The molecule has 0 aliphatic heterocycles. The fourth-order valence-corrected chi connectivity index (χ4v) is 4.46. The number of nitrogens with two attached hydrogens (primary N) is 1. The van der Waals surface area contributed by atoms with Crippen LogP contribution in [0.1, 0.15) is 25.0 Å². The van der Waals surface area contributed by atoms with Crippen LogP contribution >= 0.6 is 0 Å². The molecule has 3 amide bonds. The van der Waals surface area contributed by atoms with Gasteiger partial charge in [0.25, 0.3) is 0 Å². The van der Waals surface area contributed by atoms with Crippen molar-refractivity contribution in [2.45, 2.75) is 44.3 Å². The zero-order valence-electron chi connectivity index (χ0n) is 23.8. The lowest BCUT2D eigenvalue weighted by Crippen LogP contribution is -2.56. The highest BCUT2D eigenvalue weighted by Gasteiger charge is 2.35. The third-order valence-electron chi connectivity index (χ3n) is 6.79. The van der Waals surface area contributed by atoms with Crippen molar-refractivity contribution in [2.24, 2.45) is 5.73 Å². The van der Waals surface area contributed by atoms with Gasteiger partial charge in [0.1, 0.15) is 24.5 Å². The second-order valence-electron chi connectivity index (χ2n) is 10.8. The summed E-state index contributed by atoms with van der Waals surface area (Å²) in [6, 6.07) is 17.8. The van der Waals surface area contributed by atoms with Crippen LogP contribution in [0.25, 0.3) is 10.8 Å². The molecule has 0 fully saturated rings. The van der Waals surface area contributed by atoms with Gasteiger partial charge in [-0.25, -0.2) is 4.39 Å². The van der Waals surface area contributed by atoms with Crippen LogP contribution in [-0.2, 0) is 32.0 Å². The third-order valence-corrected chi connectivity index (χ3v) is 6.79. The number of hydrogen-bond donors (Lipinski definition) is 2. The van der Waals surface area contributed by atoms with Gasteiger partial charge in [0.2, 0.25) is 17.7 Å². The van der Waals surface area contributed by atoms with E-state index in [-0.39, 0.29) is 43.7 Å². The van der Waals surface area contributed by atoms with E-state index in [1.807, 2.05) is 42.5 Å². The molecule has 40 heavy (non-hydrogen) atoms. The number of hydrogen-bond acceptors (Lipinski definition) is 5. The van der Waals surface area contributed by atoms with Crippen molar-refractivity contribution in [3.05, 3.63) is 83.7 Å². The molecule has 0 aliphatic carbocycles. The molecule has 8 nitrogen and oxygen atoms in total. The normalized spacial score (nSPS) is 13.0. The molecule has 0 saturated carbocycles. The standard InChI is InChI=1S/C31H39FN4O4/c1-31(2,33)20-40-19-28(37)35(4)27(18-22-10-13-23-8-6-7-9-24(23)16-22)30(39)36(5)26(29(38)34-3)17-21-11-14-25(32)15-12-21/h6-16,26-27H,17-20,33H2,1-5H3,(H,34,38)/t26-,27-/m1/s1. The summed E-state index contributed by atoms with van der Waals surface area (Å²) in [6.45, 7) is 3.52. The maximum atomic E-state index is 14.0. The average molecular weight is 551 g/mol. The molecule has 0 unspecified atom stereocenters. The fraction of sp³-hybridized carbons (Fsp3) is 0.387. The van der Waals surface area contributed by atoms with Crippen LogP contribution in [0.3, 0.4) is 0 Å². The van der Waals surface area contributed by atoms with Gasteiger partial charge in [0, 0.05) is 39.5 Å². The van der Waals surface area contributed by atoms with Crippen molar-refractivity contribution in [1.29, 1.82) is 0 Å². The number of benzene rings is 3. The highest BCUT2D eigenvalue weighted by atomic mass is 19.1. The molecule has 0 bridgehead atoms. The van der Waals surface area contributed by atoms with Crippen molar-refractivity contribution in [1.82, 2.24) is 15.1 Å². The third kappa shape index (κ3) is 8.34. The number of carbonyl (C=O) groups excluding carboxylic acids is 3. The largest absolute Gasteiger partial charge is 0.370 e. The number of ether oxygens (including phenoxy) is 1. The van der Waals surface area contributed by atoms with Crippen LogP contribution in [0.4, 0.5) is 4.39 Å². The number of nitrogens with one attached hydrogen (secondary N) is 1. The van der Waals surface area contributed by atoms with Gasteiger partial charge in [-0.1, -0.05) is 54.6 Å². The van der Waals surface area contributed by atoms with Crippen molar-refractivity contribution in [3.63, 3.8) is 0 Å². The smallest absolute Gasteiger partial charge is 0.249 e. The first-order valence-corrected chi connectivity index (χ1v) is 13.2. The highest BCUT2D eigenvalue weighted by Crippen LogP contribution is 2.20. The average Bonchev–Trinajstić information content (AvgIpc) is 2.93. The Morgan fingerprint density at radius 3 is 2.12 bits per heavy atom. The summed E-state index contributed by atoms with van der Waals surface area (Å²) in [4.78, 5) is 42.8. The van der Waals surface area contributed by atoms with E-state index in [1.165, 1.54) is 29.0 Å². The number of nitrogens with zero attached hydrogens (tertiary/aromatic N) is 2. The second-order valence-corrected chi connectivity index (χ2v) is 10.8. The van der Waals surface area contributed by atoms with E-state index in [4.69, 9.17) is 10.5 Å². The Bertz CT molecular complexity index is 1320. The van der Waals surface area contributed by atoms with Gasteiger partial charge < -0.3 is 25.6 Å². The van der Waals surface area contributed by atoms with Crippen molar-refractivity contribution in [3.8, 4) is 0 Å². The van der Waals surface area contributed by atoms with Crippen molar-refractivity contribution < 1.29 is 23.5 Å². The van der Waals surface area contributed by atoms with Crippen LogP contribution in [-0.4, -0.2) is 79.5 Å². The number of likely N-dealkylation sites (N-methyl/N-ethyl adjacent to an activating group) is 3. The van der Waals surface area contributed by atoms with E-state index < -0.39 is 23.5 Å². The Morgan fingerprint density at radius 2 is 1.50 bits per heavy atom. The Balaban J connectivity index is 1.90. The first-order chi connectivity index (χ1) is 18.9. The van der Waals surface area contributed by atoms with E-state index >= 15 is 0 Å². The minimum atomic E-state index is -0.909. The van der Waals surface area contributed by atoms with Crippen molar-refractivity contribution >= 4 is 28.5 Å². The molecule has 0 aliphatic rings. The van der Waals surface area contributed by atoms with Gasteiger partial charge in [0.15, 0.2) is 0 Å². The van der Waals surface area contributed by atoms with Crippen LogP contribution in [0, 0.1) is 5.82 Å². The number of halogens is 1. The summed E-state index contributed by atoms with van der Waals surface area (Å²) in [5, 5.41) is 4.69. The molecule has 3 rings (SSSR count). The molecule has 2 atom stereocenters. The summed E-state index contributed by atoms with van der Waals surface area (Å²) in [6.07, 6.45) is 0.410. The monoisotopic (exact) mass is 550 g/mol. The fourth-order valence-electron chi connectivity index (χ4n) is 4.46. The number of carbonyl (C=O) groups is 3.